The fourth-order valence-electron chi connectivity index (χ4n) is 2.88. The molecule has 0 saturated carbocycles. The fraction of sp³-hybridized carbons (Fsp3) is 0.350. The molecule has 0 aromatic heterocycles. The fourth-order valence-corrected chi connectivity index (χ4v) is 4.44. The van der Waals surface area contributed by atoms with E-state index in [4.69, 9.17) is 34.8 Å². The highest BCUT2D eigenvalue weighted by molar-refractivity contribution is 7.92. The van der Waals surface area contributed by atoms with Crippen molar-refractivity contribution in [1.82, 2.24) is 5.32 Å². The van der Waals surface area contributed by atoms with Crippen molar-refractivity contribution in [3.8, 4) is 0 Å². The molecule has 0 aliphatic heterocycles. The number of amides is 1. The predicted molar refractivity (Wildman–Crippen MR) is 126 cm³/mol. The minimum absolute atomic E-state index is 0.0783. The van der Waals surface area contributed by atoms with Crippen molar-refractivity contribution in [2.45, 2.75) is 20.4 Å². The summed E-state index contributed by atoms with van der Waals surface area (Å²) in [7, 11) is -3.79. The number of rotatable bonds is 9. The minimum Gasteiger partial charge on any atom is -0.372 e. The summed E-state index contributed by atoms with van der Waals surface area (Å²) >= 11 is 18.0. The Hall–Kier alpha value is -1.67. The number of halogens is 3. The average molecular weight is 493 g/mol. The summed E-state index contributed by atoms with van der Waals surface area (Å²) in [4.78, 5) is 14.7. The summed E-state index contributed by atoms with van der Waals surface area (Å²) in [5.74, 6) is -0.476. The van der Waals surface area contributed by atoms with Gasteiger partial charge in [-0.05, 0) is 43.7 Å². The first-order chi connectivity index (χ1) is 14.1. The monoisotopic (exact) mass is 491 g/mol. The number of anilines is 2. The van der Waals surface area contributed by atoms with Crippen molar-refractivity contribution in [3.05, 3.63) is 57.0 Å². The number of benzene rings is 2. The van der Waals surface area contributed by atoms with Gasteiger partial charge in [0.2, 0.25) is 15.9 Å². The Kier molecular flexibility index (Phi) is 8.67. The first-order valence-corrected chi connectivity index (χ1v) is 12.3. The van der Waals surface area contributed by atoms with Crippen LogP contribution in [0.25, 0.3) is 0 Å². The third kappa shape index (κ3) is 6.41. The molecular weight excluding hydrogens is 469 g/mol. The summed E-state index contributed by atoms with van der Waals surface area (Å²) < 4.78 is 25.4. The van der Waals surface area contributed by atoms with Gasteiger partial charge < -0.3 is 10.2 Å². The molecule has 2 rings (SSSR count). The van der Waals surface area contributed by atoms with Crippen LogP contribution in [0.15, 0.2) is 36.4 Å². The molecular formula is C20H24Cl3N3O3S. The van der Waals surface area contributed by atoms with E-state index in [1.165, 1.54) is 12.1 Å². The predicted octanol–water partition coefficient (Wildman–Crippen LogP) is 4.58. The van der Waals surface area contributed by atoms with Gasteiger partial charge in [-0.2, -0.15) is 0 Å². The van der Waals surface area contributed by atoms with Crippen LogP contribution in [0.3, 0.4) is 0 Å². The molecule has 0 aliphatic rings. The van der Waals surface area contributed by atoms with Crippen LogP contribution in [0, 0.1) is 0 Å². The zero-order chi connectivity index (χ0) is 22.5. The van der Waals surface area contributed by atoms with Crippen LogP contribution >= 0.6 is 34.8 Å². The van der Waals surface area contributed by atoms with Gasteiger partial charge in [0, 0.05) is 25.3 Å². The van der Waals surface area contributed by atoms with Gasteiger partial charge in [0.05, 0.1) is 27.0 Å². The van der Waals surface area contributed by atoms with E-state index < -0.39 is 22.5 Å². The molecule has 30 heavy (non-hydrogen) atoms. The Bertz CT molecular complexity index is 994. The molecule has 1 amide bonds. The summed E-state index contributed by atoms with van der Waals surface area (Å²) in [6, 6.07) is 10.5. The van der Waals surface area contributed by atoms with Gasteiger partial charge in [-0.25, -0.2) is 8.42 Å². The number of hydrogen-bond donors (Lipinski definition) is 1. The van der Waals surface area contributed by atoms with Crippen LogP contribution in [0.2, 0.25) is 15.1 Å². The van der Waals surface area contributed by atoms with E-state index in [0.717, 1.165) is 34.9 Å². The quantitative estimate of drug-likeness (QED) is 0.520. The highest BCUT2D eigenvalue weighted by Crippen LogP contribution is 2.35. The van der Waals surface area contributed by atoms with Gasteiger partial charge in [0.15, 0.2) is 0 Å². The van der Waals surface area contributed by atoms with Gasteiger partial charge in [-0.15, -0.1) is 0 Å². The number of sulfonamides is 1. The summed E-state index contributed by atoms with van der Waals surface area (Å²) in [6.07, 6.45) is 0.991. The maximum Gasteiger partial charge on any atom is 0.241 e. The lowest BCUT2D eigenvalue weighted by molar-refractivity contribution is -0.119. The molecule has 6 nitrogen and oxygen atoms in total. The molecule has 2 aromatic carbocycles. The number of carbonyl (C=O) groups is 1. The van der Waals surface area contributed by atoms with E-state index in [0.29, 0.717) is 0 Å². The average Bonchev–Trinajstić information content (AvgIpc) is 2.68. The largest absolute Gasteiger partial charge is 0.372 e. The van der Waals surface area contributed by atoms with E-state index in [9.17, 15) is 13.2 Å². The summed E-state index contributed by atoms with van der Waals surface area (Å²) in [6.45, 7) is 5.82. The lowest BCUT2D eigenvalue weighted by Gasteiger charge is -2.23. The zero-order valence-electron chi connectivity index (χ0n) is 17.0. The molecule has 0 heterocycles. The van der Waals surface area contributed by atoms with Crippen molar-refractivity contribution < 1.29 is 13.2 Å². The summed E-state index contributed by atoms with van der Waals surface area (Å²) in [5.41, 5.74) is 2.10. The first kappa shape index (κ1) is 24.6. The highest BCUT2D eigenvalue weighted by Gasteiger charge is 2.24. The molecule has 0 saturated heterocycles. The normalized spacial score (nSPS) is 11.3. The molecule has 10 heteroatoms. The maximum atomic E-state index is 12.5. The van der Waals surface area contributed by atoms with E-state index >= 15 is 0 Å². The second kappa shape index (κ2) is 10.6. The Balaban J connectivity index is 2.10. The lowest BCUT2D eigenvalue weighted by Crippen LogP contribution is -2.40. The maximum absolute atomic E-state index is 12.5. The highest BCUT2D eigenvalue weighted by atomic mass is 35.5. The van der Waals surface area contributed by atoms with Crippen molar-refractivity contribution in [1.29, 1.82) is 0 Å². The SMILES string of the molecule is CCN(CC)c1ccc(CNC(=O)CN(c2cc(Cl)c(Cl)cc2Cl)S(C)(=O)=O)cc1. The molecule has 0 unspecified atom stereocenters. The molecule has 2 aromatic rings. The van der Waals surface area contributed by atoms with Crippen LogP contribution < -0.4 is 14.5 Å². The molecule has 0 fully saturated rings. The Morgan fingerprint density at radius 1 is 0.967 bits per heavy atom. The number of hydrogen-bond acceptors (Lipinski definition) is 4. The van der Waals surface area contributed by atoms with E-state index in [1.54, 1.807) is 0 Å². The van der Waals surface area contributed by atoms with Crippen LogP contribution in [-0.4, -0.2) is 40.2 Å². The van der Waals surface area contributed by atoms with Crippen molar-refractivity contribution >= 4 is 62.1 Å². The zero-order valence-corrected chi connectivity index (χ0v) is 20.0. The van der Waals surface area contributed by atoms with Crippen LogP contribution in [-0.2, 0) is 21.4 Å². The van der Waals surface area contributed by atoms with Crippen molar-refractivity contribution in [2.24, 2.45) is 0 Å². The number of nitrogens with zero attached hydrogens (tertiary/aromatic N) is 2. The van der Waals surface area contributed by atoms with Gasteiger partial charge in [0.1, 0.15) is 6.54 Å². The van der Waals surface area contributed by atoms with Gasteiger partial charge >= 0.3 is 0 Å². The van der Waals surface area contributed by atoms with Crippen LogP contribution in [0.1, 0.15) is 19.4 Å². The standard InChI is InChI=1S/C20H24Cl3N3O3S/c1-4-25(5-2)15-8-6-14(7-9-15)12-24-20(27)13-26(30(3,28)29)19-11-17(22)16(21)10-18(19)23/h6-11H,4-5,12-13H2,1-3H3,(H,24,27). The van der Waals surface area contributed by atoms with Crippen molar-refractivity contribution in [3.63, 3.8) is 0 Å². The lowest BCUT2D eigenvalue weighted by atomic mass is 10.2. The molecule has 0 aliphatic carbocycles. The van der Waals surface area contributed by atoms with Gasteiger partial charge in [0.25, 0.3) is 0 Å². The van der Waals surface area contributed by atoms with Crippen molar-refractivity contribution in [2.75, 3.05) is 35.1 Å². The molecule has 1 N–H and O–H groups in total. The Labute approximate surface area is 192 Å². The van der Waals surface area contributed by atoms with Crippen LogP contribution in [0.5, 0.6) is 0 Å². The van der Waals surface area contributed by atoms with Gasteiger partial charge in [-0.3, -0.25) is 9.10 Å². The number of carbonyl (C=O) groups excluding carboxylic acids is 1. The second-order valence-corrected chi connectivity index (χ2v) is 9.73. The molecule has 0 radical (unpaired) electrons. The second-order valence-electron chi connectivity index (χ2n) is 6.60. The van der Waals surface area contributed by atoms with Crippen LogP contribution in [0.4, 0.5) is 11.4 Å². The van der Waals surface area contributed by atoms with E-state index in [1.807, 2.05) is 24.3 Å². The Morgan fingerprint density at radius 2 is 1.53 bits per heavy atom. The topological polar surface area (TPSA) is 69.7 Å². The number of nitrogens with one attached hydrogen (secondary N) is 1. The molecule has 164 valence electrons. The summed E-state index contributed by atoms with van der Waals surface area (Å²) in [5, 5.41) is 3.14. The minimum atomic E-state index is -3.79. The smallest absolute Gasteiger partial charge is 0.241 e. The van der Waals surface area contributed by atoms with E-state index in [2.05, 4.69) is 24.1 Å². The third-order valence-corrected chi connectivity index (χ3v) is 6.65. The Morgan fingerprint density at radius 3 is 2.07 bits per heavy atom. The van der Waals surface area contributed by atoms with E-state index in [-0.39, 0.29) is 27.3 Å². The van der Waals surface area contributed by atoms with Gasteiger partial charge in [-0.1, -0.05) is 46.9 Å². The first-order valence-electron chi connectivity index (χ1n) is 9.29. The molecule has 0 bridgehead atoms. The third-order valence-electron chi connectivity index (χ3n) is 4.50. The molecule has 0 spiro atoms. The molecule has 0 atom stereocenters.